The molecule has 0 fully saturated rings. The maximum Gasteiger partial charge on any atom is 0.335 e. The Morgan fingerprint density at radius 3 is 2.52 bits per heavy atom. The topological polar surface area (TPSA) is 46.5 Å². The lowest BCUT2D eigenvalue weighted by molar-refractivity contribution is 0.0697. The summed E-state index contributed by atoms with van der Waals surface area (Å²) < 4.78 is 5.25. The molecule has 106 valence electrons. The predicted molar refractivity (Wildman–Crippen MR) is 82.6 cm³/mol. The molecule has 0 bridgehead atoms. The van der Waals surface area contributed by atoms with Gasteiger partial charge < -0.3 is 9.84 Å². The second-order valence-electron chi connectivity index (χ2n) is 5.12. The van der Waals surface area contributed by atoms with Gasteiger partial charge in [-0.3, -0.25) is 0 Å². The molecule has 2 aromatic carbocycles. The van der Waals surface area contributed by atoms with Gasteiger partial charge in [-0.2, -0.15) is 0 Å². The maximum absolute atomic E-state index is 10.9. The van der Waals surface area contributed by atoms with Crippen molar-refractivity contribution >= 4 is 17.6 Å². The fourth-order valence-corrected chi connectivity index (χ4v) is 2.65. The van der Waals surface area contributed by atoms with E-state index in [0.29, 0.717) is 5.56 Å². The summed E-state index contributed by atoms with van der Waals surface area (Å²) in [6, 6.07) is 13.2. The zero-order chi connectivity index (χ0) is 14.8. The van der Waals surface area contributed by atoms with Crippen LogP contribution in [0, 0.1) is 0 Å². The molecule has 0 unspecified atom stereocenters. The number of methoxy groups -OCH3 is 1. The van der Waals surface area contributed by atoms with Crippen molar-refractivity contribution in [2.75, 3.05) is 7.11 Å². The molecule has 0 aromatic heterocycles. The average molecular weight is 280 g/mol. The molecule has 1 N–H and O–H groups in total. The SMILES string of the molecule is COc1ccc2c(c1)CCC(c1ccc(C(=O)O)cc1)=C2. The number of carbonyl (C=O) groups is 1. The fourth-order valence-electron chi connectivity index (χ4n) is 2.65. The van der Waals surface area contributed by atoms with Crippen molar-refractivity contribution in [2.45, 2.75) is 12.8 Å². The van der Waals surface area contributed by atoms with Crippen molar-refractivity contribution in [3.8, 4) is 5.75 Å². The minimum Gasteiger partial charge on any atom is -0.497 e. The molecule has 0 radical (unpaired) electrons. The first kappa shape index (κ1) is 13.4. The second-order valence-corrected chi connectivity index (χ2v) is 5.12. The molecular weight excluding hydrogens is 264 g/mol. The van der Waals surface area contributed by atoms with Gasteiger partial charge in [-0.25, -0.2) is 4.79 Å². The van der Waals surface area contributed by atoms with E-state index in [-0.39, 0.29) is 0 Å². The van der Waals surface area contributed by atoms with Crippen molar-refractivity contribution in [1.29, 1.82) is 0 Å². The van der Waals surface area contributed by atoms with Crippen LogP contribution in [0.1, 0.15) is 33.5 Å². The summed E-state index contributed by atoms with van der Waals surface area (Å²) in [5.74, 6) is -0.00646. The summed E-state index contributed by atoms with van der Waals surface area (Å²) >= 11 is 0. The summed E-state index contributed by atoms with van der Waals surface area (Å²) in [6.45, 7) is 0. The average Bonchev–Trinajstić information content (AvgIpc) is 2.54. The Morgan fingerprint density at radius 2 is 1.86 bits per heavy atom. The normalized spacial score (nSPS) is 13.3. The molecule has 0 heterocycles. The van der Waals surface area contributed by atoms with Crippen LogP contribution in [0.15, 0.2) is 42.5 Å². The highest BCUT2D eigenvalue weighted by Gasteiger charge is 2.13. The summed E-state index contributed by atoms with van der Waals surface area (Å²) in [4.78, 5) is 10.9. The first-order valence-corrected chi connectivity index (χ1v) is 6.88. The summed E-state index contributed by atoms with van der Waals surface area (Å²) in [5.41, 5.74) is 5.14. The number of benzene rings is 2. The molecule has 0 aliphatic heterocycles. The summed E-state index contributed by atoms with van der Waals surface area (Å²) in [7, 11) is 1.68. The van der Waals surface area contributed by atoms with E-state index in [4.69, 9.17) is 9.84 Å². The van der Waals surface area contributed by atoms with Crippen LogP contribution >= 0.6 is 0 Å². The van der Waals surface area contributed by atoms with Gasteiger partial charge in [0.2, 0.25) is 0 Å². The molecule has 2 aromatic rings. The molecule has 0 saturated carbocycles. The van der Waals surface area contributed by atoms with Crippen LogP contribution in [-0.4, -0.2) is 18.2 Å². The lowest BCUT2D eigenvalue weighted by Gasteiger charge is -2.17. The Hall–Kier alpha value is -2.55. The Kier molecular flexibility index (Phi) is 3.48. The van der Waals surface area contributed by atoms with E-state index >= 15 is 0 Å². The van der Waals surface area contributed by atoms with Crippen LogP contribution in [0.3, 0.4) is 0 Å². The van der Waals surface area contributed by atoms with Crippen molar-refractivity contribution < 1.29 is 14.6 Å². The number of rotatable bonds is 3. The van der Waals surface area contributed by atoms with Crippen LogP contribution in [0.25, 0.3) is 11.6 Å². The van der Waals surface area contributed by atoms with Gasteiger partial charge in [0, 0.05) is 0 Å². The lowest BCUT2D eigenvalue weighted by Crippen LogP contribution is -2.01. The minimum atomic E-state index is -0.892. The van der Waals surface area contributed by atoms with E-state index in [1.807, 2.05) is 18.2 Å². The number of aromatic carboxylic acids is 1. The van der Waals surface area contributed by atoms with Gasteiger partial charge in [0.15, 0.2) is 0 Å². The Morgan fingerprint density at radius 1 is 1.10 bits per heavy atom. The van der Waals surface area contributed by atoms with Crippen LogP contribution in [0.5, 0.6) is 5.75 Å². The molecule has 1 aliphatic rings. The van der Waals surface area contributed by atoms with Gasteiger partial charge in [-0.05, 0) is 59.4 Å². The maximum atomic E-state index is 10.9. The van der Waals surface area contributed by atoms with Gasteiger partial charge >= 0.3 is 5.97 Å². The Balaban J connectivity index is 1.92. The molecule has 21 heavy (non-hydrogen) atoms. The highest BCUT2D eigenvalue weighted by molar-refractivity contribution is 5.89. The van der Waals surface area contributed by atoms with Crippen molar-refractivity contribution in [2.24, 2.45) is 0 Å². The molecule has 0 saturated heterocycles. The number of hydrogen-bond acceptors (Lipinski definition) is 2. The molecule has 3 nitrogen and oxygen atoms in total. The minimum absolute atomic E-state index is 0.320. The third kappa shape index (κ3) is 2.68. The van der Waals surface area contributed by atoms with E-state index < -0.39 is 5.97 Å². The number of fused-ring (bicyclic) bond motifs is 1. The molecule has 0 atom stereocenters. The largest absolute Gasteiger partial charge is 0.497 e. The van der Waals surface area contributed by atoms with Gasteiger partial charge in [0.05, 0.1) is 12.7 Å². The standard InChI is InChI=1S/C18H16O3/c1-21-17-9-8-15-10-14(6-7-16(15)11-17)12-2-4-13(5-3-12)18(19)20/h2-5,8-11H,6-7H2,1H3,(H,19,20). The molecule has 0 amide bonds. The molecule has 0 spiro atoms. The molecule has 3 heteroatoms. The first-order valence-electron chi connectivity index (χ1n) is 6.88. The second kappa shape index (κ2) is 5.44. The Labute approximate surface area is 123 Å². The number of aryl methyl sites for hydroxylation is 1. The molecule has 3 rings (SSSR count). The number of carboxylic acid groups (broad SMARTS) is 1. The third-order valence-corrected chi connectivity index (χ3v) is 3.85. The van der Waals surface area contributed by atoms with E-state index in [9.17, 15) is 4.79 Å². The van der Waals surface area contributed by atoms with Crippen LogP contribution < -0.4 is 4.74 Å². The smallest absolute Gasteiger partial charge is 0.335 e. The van der Waals surface area contributed by atoms with Crippen LogP contribution in [-0.2, 0) is 6.42 Å². The highest BCUT2D eigenvalue weighted by Crippen LogP contribution is 2.32. The van der Waals surface area contributed by atoms with Crippen molar-refractivity contribution in [3.63, 3.8) is 0 Å². The Bertz CT molecular complexity index is 712. The number of ether oxygens (including phenoxy) is 1. The number of allylic oxidation sites excluding steroid dienone is 1. The summed E-state index contributed by atoms with van der Waals surface area (Å²) in [6.07, 6.45) is 4.10. The van der Waals surface area contributed by atoms with Gasteiger partial charge in [0.25, 0.3) is 0 Å². The quantitative estimate of drug-likeness (QED) is 0.928. The van der Waals surface area contributed by atoms with E-state index in [1.165, 1.54) is 16.7 Å². The van der Waals surface area contributed by atoms with Crippen molar-refractivity contribution in [3.05, 3.63) is 64.7 Å². The van der Waals surface area contributed by atoms with E-state index in [2.05, 4.69) is 18.2 Å². The lowest BCUT2D eigenvalue weighted by atomic mass is 9.88. The predicted octanol–water partition coefficient (Wildman–Crippen LogP) is 3.88. The van der Waals surface area contributed by atoms with Crippen LogP contribution in [0.4, 0.5) is 0 Å². The van der Waals surface area contributed by atoms with Crippen LogP contribution in [0.2, 0.25) is 0 Å². The van der Waals surface area contributed by atoms with Gasteiger partial charge in [0.1, 0.15) is 5.75 Å². The zero-order valence-electron chi connectivity index (χ0n) is 11.8. The molecule has 1 aliphatic carbocycles. The van der Waals surface area contributed by atoms with Gasteiger partial charge in [-0.1, -0.05) is 24.3 Å². The zero-order valence-corrected chi connectivity index (χ0v) is 11.8. The molecular formula is C18H16O3. The number of hydrogen-bond donors (Lipinski definition) is 1. The van der Waals surface area contributed by atoms with E-state index in [0.717, 1.165) is 24.2 Å². The highest BCUT2D eigenvalue weighted by atomic mass is 16.5. The monoisotopic (exact) mass is 280 g/mol. The number of carboxylic acids is 1. The van der Waals surface area contributed by atoms with E-state index in [1.54, 1.807) is 19.2 Å². The fraction of sp³-hybridized carbons (Fsp3) is 0.167. The van der Waals surface area contributed by atoms with Crippen molar-refractivity contribution in [1.82, 2.24) is 0 Å². The first-order chi connectivity index (χ1) is 10.2. The van der Waals surface area contributed by atoms with Gasteiger partial charge in [-0.15, -0.1) is 0 Å². The summed E-state index contributed by atoms with van der Waals surface area (Å²) in [5, 5.41) is 8.94. The third-order valence-electron chi connectivity index (χ3n) is 3.85.